The monoisotopic (exact) mass is 329 g/mol. The SMILES string of the molecule is C[C@H](N)c1nc(N(C)C)nn1-c1ccc(N(C)C(=O)C2CC2)cn1. The Bertz CT molecular complexity index is 731. The van der Waals surface area contributed by atoms with E-state index in [2.05, 4.69) is 15.1 Å². The van der Waals surface area contributed by atoms with E-state index in [9.17, 15) is 4.79 Å². The van der Waals surface area contributed by atoms with Crippen molar-refractivity contribution >= 4 is 17.5 Å². The van der Waals surface area contributed by atoms with Gasteiger partial charge in [-0.3, -0.25) is 4.79 Å². The number of nitrogens with two attached hydrogens (primary N) is 1. The van der Waals surface area contributed by atoms with Gasteiger partial charge in [0.15, 0.2) is 11.6 Å². The first-order valence-electron chi connectivity index (χ1n) is 8.02. The lowest BCUT2D eigenvalue weighted by atomic mass is 10.3. The third kappa shape index (κ3) is 3.09. The van der Waals surface area contributed by atoms with Crippen molar-refractivity contribution in [2.75, 3.05) is 30.9 Å². The topological polar surface area (TPSA) is 93.2 Å². The van der Waals surface area contributed by atoms with Gasteiger partial charge in [0.05, 0.1) is 17.9 Å². The number of rotatable bonds is 5. The van der Waals surface area contributed by atoms with Gasteiger partial charge < -0.3 is 15.5 Å². The molecule has 24 heavy (non-hydrogen) atoms. The Morgan fingerprint density at radius 1 is 1.33 bits per heavy atom. The molecule has 1 saturated carbocycles. The van der Waals surface area contributed by atoms with Gasteiger partial charge in [0, 0.05) is 27.1 Å². The second-order valence-electron chi connectivity index (χ2n) is 6.41. The smallest absolute Gasteiger partial charge is 0.245 e. The number of nitrogens with zero attached hydrogens (tertiary/aromatic N) is 6. The summed E-state index contributed by atoms with van der Waals surface area (Å²) in [5.74, 6) is 2.17. The van der Waals surface area contributed by atoms with Crippen LogP contribution in [0.4, 0.5) is 11.6 Å². The van der Waals surface area contributed by atoms with Gasteiger partial charge in [-0.25, -0.2) is 4.98 Å². The maximum absolute atomic E-state index is 12.1. The average Bonchev–Trinajstić information content (AvgIpc) is 3.30. The summed E-state index contributed by atoms with van der Waals surface area (Å²) in [7, 11) is 5.53. The molecule has 2 aromatic rings. The van der Waals surface area contributed by atoms with Gasteiger partial charge in [-0.15, -0.1) is 5.10 Å². The van der Waals surface area contributed by atoms with Gasteiger partial charge in [-0.2, -0.15) is 9.67 Å². The molecule has 0 saturated heterocycles. The van der Waals surface area contributed by atoms with Crippen LogP contribution in [0.5, 0.6) is 0 Å². The van der Waals surface area contributed by atoms with Crippen molar-refractivity contribution < 1.29 is 4.79 Å². The highest BCUT2D eigenvalue weighted by Gasteiger charge is 2.32. The number of anilines is 2. The zero-order valence-corrected chi connectivity index (χ0v) is 14.5. The first-order valence-corrected chi connectivity index (χ1v) is 8.02. The molecule has 2 aromatic heterocycles. The first kappa shape index (κ1) is 16.4. The summed E-state index contributed by atoms with van der Waals surface area (Å²) in [5, 5.41) is 4.46. The summed E-state index contributed by atoms with van der Waals surface area (Å²) in [4.78, 5) is 24.5. The molecule has 8 nitrogen and oxygen atoms in total. The predicted molar refractivity (Wildman–Crippen MR) is 92.2 cm³/mol. The quantitative estimate of drug-likeness (QED) is 0.883. The summed E-state index contributed by atoms with van der Waals surface area (Å²) in [6.45, 7) is 1.86. The summed E-state index contributed by atoms with van der Waals surface area (Å²) in [6, 6.07) is 3.42. The van der Waals surface area contributed by atoms with Crippen LogP contribution in [0.1, 0.15) is 31.6 Å². The highest BCUT2D eigenvalue weighted by Crippen LogP contribution is 2.32. The van der Waals surface area contributed by atoms with Crippen LogP contribution in [0.2, 0.25) is 0 Å². The number of carbonyl (C=O) groups is 1. The van der Waals surface area contributed by atoms with E-state index in [0.29, 0.717) is 17.6 Å². The van der Waals surface area contributed by atoms with Gasteiger partial charge in [0.2, 0.25) is 11.9 Å². The second-order valence-corrected chi connectivity index (χ2v) is 6.41. The number of amides is 1. The van der Waals surface area contributed by atoms with Crippen LogP contribution in [-0.2, 0) is 4.79 Å². The van der Waals surface area contributed by atoms with E-state index in [4.69, 9.17) is 5.73 Å². The molecule has 8 heteroatoms. The van der Waals surface area contributed by atoms with Crippen molar-refractivity contribution in [1.29, 1.82) is 0 Å². The fourth-order valence-electron chi connectivity index (χ4n) is 2.40. The van der Waals surface area contributed by atoms with E-state index in [-0.39, 0.29) is 17.9 Å². The summed E-state index contributed by atoms with van der Waals surface area (Å²) in [6.07, 6.45) is 3.65. The van der Waals surface area contributed by atoms with Crippen LogP contribution in [0.15, 0.2) is 18.3 Å². The van der Waals surface area contributed by atoms with Crippen LogP contribution in [0, 0.1) is 5.92 Å². The molecule has 1 atom stereocenters. The van der Waals surface area contributed by atoms with Gasteiger partial charge in [-0.1, -0.05) is 0 Å². The molecule has 1 aliphatic carbocycles. The van der Waals surface area contributed by atoms with E-state index in [1.807, 2.05) is 38.1 Å². The molecule has 1 fully saturated rings. The molecule has 3 rings (SSSR count). The average molecular weight is 329 g/mol. The molecular weight excluding hydrogens is 306 g/mol. The van der Waals surface area contributed by atoms with E-state index in [1.165, 1.54) is 0 Å². The van der Waals surface area contributed by atoms with Gasteiger partial charge >= 0.3 is 0 Å². The van der Waals surface area contributed by atoms with Crippen LogP contribution in [0.3, 0.4) is 0 Å². The number of aromatic nitrogens is 4. The van der Waals surface area contributed by atoms with Crippen LogP contribution in [0.25, 0.3) is 5.82 Å². The van der Waals surface area contributed by atoms with Crippen molar-refractivity contribution in [3.8, 4) is 5.82 Å². The maximum atomic E-state index is 12.1. The van der Waals surface area contributed by atoms with Crippen molar-refractivity contribution in [2.24, 2.45) is 11.7 Å². The fraction of sp³-hybridized carbons (Fsp3) is 0.500. The lowest BCUT2D eigenvalue weighted by Gasteiger charge is -2.17. The molecule has 0 radical (unpaired) electrons. The third-order valence-electron chi connectivity index (χ3n) is 4.02. The minimum absolute atomic E-state index is 0.150. The molecule has 2 N–H and O–H groups in total. The van der Waals surface area contributed by atoms with E-state index in [0.717, 1.165) is 18.5 Å². The van der Waals surface area contributed by atoms with E-state index < -0.39 is 0 Å². The molecule has 2 heterocycles. The molecule has 0 unspecified atom stereocenters. The molecule has 1 aliphatic rings. The Morgan fingerprint density at radius 3 is 2.54 bits per heavy atom. The Hall–Kier alpha value is -2.48. The molecule has 0 aliphatic heterocycles. The van der Waals surface area contributed by atoms with E-state index in [1.54, 1.807) is 22.8 Å². The number of carbonyl (C=O) groups excluding carboxylic acids is 1. The molecule has 0 spiro atoms. The zero-order valence-electron chi connectivity index (χ0n) is 14.5. The van der Waals surface area contributed by atoms with Crippen LogP contribution < -0.4 is 15.5 Å². The second kappa shape index (κ2) is 6.20. The molecular formula is C16H23N7O. The third-order valence-corrected chi connectivity index (χ3v) is 4.02. The van der Waals surface area contributed by atoms with E-state index >= 15 is 0 Å². The Labute approximate surface area is 141 Å². The van der Waals surface area contributed by atoms with Crippen molar-refractivity contribution in [3.05, 3.63) is 24.2 Å². The largest absolute Gasteiger partial charge is 0.346 e. The Morgan fingerprint density at radius 2 is 2.04 bits per heavy atom. The van der Waals surface area contributed by atoms with Crippen molar-refractivity contribution in [1.82, 2.24) is 19.7 Å². The molecule has 128 valence electrons. The predicted octanol–water partition coefficient (Wildman–Crippen LogP) is 1.12. The molecule has 0 aromatic carbocycles. The summed E-state index contributed by atoms with van der Waals surface area (Å²) in [5.41, 5.74) is 6.77. The Balaban J connectivity index is 1.89. The highest BCUT2D eigenvalue weighted by molar-refractivity contribution is 5.95. The first-order chi connectivity index (χ1) is 11.4. The molecule has 1 amide bonds. The molecule has 0 bridgehead atoms. The Kier molecular flexibility index (Phi) is 4.23. The van der Waals surface area contributed by atoms with Gasteiger partial charge in [0.25, 0.3) is 0 Å². The van der Waals surface area contributed by atoms with Crippen LogP contribution >= 0.6 is 0 Å². The zero-order chi connectivity index (χ0) is 17.4. The highest BCUT2D eigenvalue weighted by atomic mass is 16.2. The number of hydrogen-bond donors (Lipinski definition) is 1. The minimum atomic E-state index is -0.271. The van der Waals surface area contributed by atoms with Crippen LogP contribution in [-0.4, -0.2) is 46.8 Å². The standard InChI is InChI=1S/C16H23N7O/c1-10(17)14-19-16(21(2)3)20-23(14)13-8-7-12(9-18-13)22(4)15(24)11-5-6-11/h7-11H,5-6,17H2,1-4H3/t10-/m0/s1. The number of hydrogen-bond acceptors (Lipinski definition) is 6. The minimum Gasteiger partial charge on any atom is -0.346 e. The van der Waals surface area contributed by atoms with Crippen molar-refractivity contribution in [3.63, 3.8) is 0 Å². The summed E-state index contributed by atoms with van der Waals surface area (Å²) >= 11 is 0. The van der Waals surface area contributed by atoms with Gasteiger partial charge in [0.1, 0.15) is 0 Å². The fourth-order valence-corrected chi connectivity index (χ4v) is 2.40. The number of pyridine rings is 1. The summed E-state index contributed by atoms with van der Waals surface area (Å²) < 4.78 is 1.65. The van der Waals surface area contributed by atoms with Crippen molar-refractivity contribution in [2.45, 2.75) is 25.8 Å². The normalized spacial score (nSPS) is 15.2. The van der Waals surface area contributed by atoms with Gasteiger partial charge in [-0.05, 0) is 31.9 Å². The lowest BCUT2D eigenvalue weighted by Crippen LogP contribution is -2.27. The lowest BCUT2D eigenvalue weighted by molar-refractivity contribution is -0.119. The maximum Gasteiger partial charge on any atom is 0.245 e.